The molecule has 0 saturated carbocycles. The van der Waals surface area contributed by atoms with Crippen molar-refractivity contribution in [1.29, 1.82) is 0 Å². The van der Waals surface area contributed by atoms with E-state index in [9.17, 15) is 14.7 Å². The molecular weight excluding hydrogens is 342 g/mol. The molecule has 0 aliphatic heterocycles. The van der Waals surface area contributed by atoms with Crippen LogP contribution < -0.4 is 0 Å². The molecule has 1 aromatic heterocycles. The van der Waals surface area contributed by atoms with E-state index in [-0.39, 0.29) is 18.1 Å². The van der Waals surface area contributed by atoms with Crippen molar-refractivity contribution in [2.75, 3.05) is 6.61 Å². The molecule has 0 bridgehead atoms. The number of hydrogen-bond acceptors (Lipinski definition) is 4. The Bertz CT molecular complexity index is 982. The Morgan fingerprint density at radius 1 is 0.963 bits per heavy atom. The van der Waals surface area contributed by atoms with Crippen molar-refractivity contribution < 1.29 is 19.4 Å². The van der Waals surface area contributed by atoms with E-state index in [1.807, 2.05) is 25.5 Å². The van der Waals surface area contributed by atoms with Crippen molar-refractivity contribution in [3.63, 3.8) is 0 Å². The highest BCUT2D eigenvalue weighted by atomic mass is 16.5. The second-order valence-corrected chi connectivity index (χ2v) is 6.47. The molecule has 0 unspecified atom stereocenters. The summed E-state index contributed by atoms with van der Waals surface area (Å²) in [6, 6.07) is 15.5. The van der Waals surface area contributed by atoms with Crippen LogP contribution in [0, 0.1) is 13.8 Å². The molecule has 5 heteroatoms. The molecule has 0 spiro atoms. The minimum atomic E-state index is -0.536. The van der Waals surface area contributed by atoms with Crippen LogP contribution in [0.3, 0.4) is 0 Å². The summed E-state index contributed by atoms with van der Waals surface area (Å²) in [5.41, 5.74) is 4.63. The van der Waals surface area contributed by atoms with Crippen LogP contribution in [0.2, 0.25) is 0 Å². The number of phenolic OH excluding ortho intramolecular Hbond substituents is 1. The minimum absolute atomic E-state index is 0.201. The van der Waals surface area contributed by atoms with Gasteiger partial charge in [0.05, 0.1) is 5.56 Å². The second kappa shape index (κ2) is 7.50. The van der Waals surface area contributed by atoms with Gasteiger partial charge in [-0.2, -0.15) is 0 Å². The molecule has 1 heterocycles. The summed E-state index contributed by atoms with van der Waals surface area (Å²) in [4.78, 5) is 24.5. The first kappa shape index (κ1) is 18.5. The predicted octanol–water partition coefficient (Wildman–Crippen LogP) is 4.05. The maximum absolute atomic E-state index is 12.3. The SMILES string of the molecule is Cc1cc(C(=O)COC(=O)c2ccc(-c3ccc(O)cc3)cc2)c(C)n1C. The molecule has 0 aliphatic carbocycles. The molecule has 0 atom stereocenters. The van der Waals surface area contributed by atoms with Crippen molar-refractivity contribution in [2.45, 2.75) is 13.8 Å². The highest BCUT2D eigenvalue weighted by Gasteiger charge is 2.16. The Kier molecular flexibility index (Phi) is 5.12. The Labute approximate surface area is 157 Å². The molecule has 1 N–H and O–H groups in total. The first-order chi connectivity index (χ1) is 12.9. The van der Waals surface area contributed by atoms with Crippen molar-refractivity contribution in [3.8, 4) is 16.9 Å². The smallest absolute Gasteiger partial charge is 0.338 e. The van der Waals surface area contributed by atoms with Gasteiger partial charge >= 0.3 is 5.97 Å². The lowest BCUT2D eigenvalue weighted by Gasteiger charge is -2.06. The van der Waals surface area contributed by atoms with Crippen LogP contribution in [0.25, 0.3) is 11.1 Å². The zero-order valence-electron chi connectivity index (χ0n) is 15.5. The number of ketones is 1. The lowest BCUT2D eigenvalue weighted by atomic mass is 10.0. The van der Waals surface area contributed by atoms with Crippen LogP contribution in [0.1, 0.15) is 32.1 Å². The normalized spacial score (nSPS) is 10.6. The van der Waals surface area contributed by atoms with Gasteiger partial charge in [-0.25, -0.2) is 4.79 Å². The number of aromatic hydroxyl groups is 1. The number of rotatable bonds is 5. The molecule has 0 amide bonds. The number of carbonyl (C=O) groups excluding carboxylic acids is 2. The van der Waals surface area contributed by atoms with Crippen LogP contribution >= 0.6 is 0 Å². The fourth-order valence-corrected chi connectivity index (χ4v) is 2.88. The van der Waals surface area contributed by atoms with Gasteiger partial charge in [-0.05, 0) is 55.3 Å². The summed E-state index contributed by atoms with van der Waals surface area (Å²) in [5.74, 6) is -0.552. The average Bonchev–Trinajstić information content (AvgIpc) is 2.94. The van der Waals surface area contributed by atoms with Gasteiger partial charge in [0.2, 0.25) is 5.78 Å². The van der Waals surface area contributed by atoms with Gasteiger partial charge in [0, 0.05) is 24.0 Å². The minimum Gasteiger partial charge on any atom is -0.508 e. The third-order valence-electron chi connectivity index (χ3n) is 4.73. The molecule has 0 aliphatic rings. The number of nitrogens with zero attached hydrogens (tertiary/aromatic N) is 1. The molecule has 3 rings (SSSR count). The topological polar surface area (TPSA) is 68.5 Å². The van der Waals surface area contributed by atoms with Gasteiger partial charge in [-0.3, -0.25) is 4.79 Å². The van der Waals surface area contributed by atoms with Crippen molar-refractivity contribution in [2.24, 2.45) is 7.05 Å². The fraction of sp³-hybridized carbons (Fsp3) is 0.182. The van der Waals surface area contributed by atoms with E-state index in [4.69, 9.17) is 4.74 Å². The third kappa shape index (κ3) is 3.92. The highest BCUT2D eigenvalue weighted by Crippen LogP contribution is 2.22. The Balaban J connectivity index is 1.65. The summed E-state index contributed by atoms with van der Waals surface area (Å²) in [5, 5.41) is 9.35. The van der Waals surface area contributed by atoms with E-state index in [2.05, 4.69) is 0 Å². The number of Topliss-reactive ketones (excluding diaryl/α,β-unsaturated/α-hetero) is 1. The van der Waals surface area contributed by atoms with Gasteiger partial charge in [-0.15, -0.1) is 0 Å². The summed E-state index contributed by atoms with van der Waals surface area (Å²) < 4.78 is 7.11. The largest absolute Gasteiger partial charge is 0.508 e. The summed E-state index contributed by atoms with van der Waals surface area (Å²) in [6.45, 7) is 3.50. The van der Waals surface area contributed by atoms with Crippen LogP contribution in [-0.4, -0.2) is 28.0 Å². The number of aromatic nitrogens is 1. The van der Waals surface area contributed by atoms with Crippen molar-refractivity contribution in [3.05, 3.63) is 77.1 Å². The molecule has 0 fully saturated rings. The number of hydrogen-bond donors (Lipinski definition) is 1. The first-order valence-corrected chi connectivity index (χ1v) is 8.59. The van der Waals surface area contributed by atoms with Gasteiger partial charge in [0.25, 0.3) is 0 Å². The zero-order chi connectivity index (χ0) is 19.6. The number of benzene rings is 2. The molecule has 0 saturated heterocycles. The molecule has 27 heavy (non-hydrogen) atoms. The van der Waals surface area contributed by atoms with Crippen LogP contribution in [-0.2, 0) is 11.8 Å². The van der Waals surface area contributed by atoms with E-state index in [1.54, 1.807) is 54.6 Å². The maximum Gasteiger partial charge on any atom is 0.338 e. The molecule has 0 radical (unpaired) electrons. The number of carbonyl (C=O) groups is 2. The Morgan fingerprint density at radius 3 is 2.04 bits per heavy atom. The Morgan fingerprint density at radius 2 is 1.52 bits per heavy atom. The predicted molar refractivity (Wildman–Crippen MR) is 103 cm³/mol. The van der Waals surface area contributed by atoms with E-state index in [0.29, 0.717) is 11.1 Å². The van der Waals surface area contributed by atoms with Crippen molar-refractivity contribution in [1.82, 2.24) is 4.57 Å². The standard InChI is InChI=1S/C22H21NO4/c1-14-12-20(15(2)23(14)3)21(25)13-27-22(26)18-6-4-16(5-7-18)17-8-10-19(24)11-9-17/h4-12,24H,13H2,1-3H3. The summed E-state index contributed by atoms with van der Waals surface area (Å²) >= 11 is 0. The van der Waals surface area contributed by atoms with Crippen molar-refractivity contribution >= 4 is 11.8 Å². The second-order valence-electron chi connectivity index (χ2n) is 6.47. The molecule has 5 nitrogen and oxygen atoms in total. The fourth-order valence-electron chi connectivity index (χ4n) is 2.88. The van der Waals surface area contributed by atoms with Crippen LogP contribution in [0.15, 0.2) is 54.6 Å². The quantitative estimate of drug-likeness (QED) is 0.548. The third-order valence-corrected chi connectivity index (χ3v) is 4.73. The van der Waals surface area contributed by atoms with E-state index < -0.39 is 5.97 Å². The number of aryl methyl sites for hydroxylation is 1. The molecule has 138 valence electrons. The van der Waals surface area contributed by atoms with Crippen LogP contribution in [0.4, 0.5) is 0 Å². The number of phenols is 1. The molecular formula is C22H21NO4. The number of ether oxygens (including phenoxy) is 1. The van der Waals surface area contributed by atoms with E-state index >= 15 is 0 Å². The lowest BCUT2D eigenvalue weighted by Crippen LogP contribution is -2.15. The summed E-state index contributed by atoms with van der Waals surface area (Å²) in [7, 11) is 1.89. The van der Waals surface area contributed by atoms with Gasteiger partial charge in [0.15, 0.2) is 6.61 Å². The Hall–Kier alpha value is -3.34. The van der Waals surface area contributed by atoms with Gasteiger partial charge < -0.3 is 14.4 Å². The first-order valence-electron chi connectivity index (χ1n) is 8.59. The van der Waals surface area contributed by atoms with Gasteiger partial charge in [0.1, 0.15) is 5.75 Å². The molecule has 3 aromatic rings. The lowest BCUT2D eigenvalue weighted by molar-refractivity contribution is 0.0474. The zero-order valence-corrected chi connectivity index (χ0v) is 15.5. The summed E-state index contributed by atoms with van der Waals surface area (Å²) in [6.07, 6.45) is 0. The van der Waals surface area contributed by atoms with E-state index in [1.165, 1.54) is 0 Å². The highest BCUT2D eigenvalue weighted by molar-refractivity contribution is 6.00. The van der Waals surface area contributed by atoms with Gasteiger partial charge in [-0.1, -0.05) is 24.3 Å². The van der Waals surface area contributed by atoms with E-state index in [0.717, 1.165) is 22.5 Å². The monoisotopic (exact) mass is 363 g/mol. The number of esters is 1. The average molecular weight is 363 g/mol. The van der Waals surface area contributed by atoms with Crippen LogP contribution in [0.5, 0.6) is 5.75 Å². The maximum atomic E-state index is 12.3. The molecule has 2 aromatic carbocycles.